The number of nitrogens with zero attached hydrogens (tertiary/aromatic N) is 1. The van der Waals surface area contributed by atoms with Crippen molar-refractivity contribution in [2.24, 2.45) is 0 Å². The van der Waals surface area contributed by atoms with Crippen molar-refractivity contribution in [2.45, 2.75) is 25.3 Å². The van der Waals surface area contributed by atoms with Gasteiger partial charge in [0.1, 0.15) is 0 Å². The lowest BCUT2D eigenvalue weighted by atomic mass is 9.91. The first-order valence-electron chi connectivity index (χ1n) is 6.00. The van der Waals surface area contributed by atoms with Crippen molar-refractivity contribution in [3.63, 3.8) is 0 Å². The highest BCUT2D eigenvalue weighted by Crippen LogP contribution is 2.30. The summed E-state index contributed by atoms with van der Waals surface area (Å²) < 4.78 is 0. The molecule has 2 nitrogen and oxygen atoms in total. The van der Waals surface area contributed by atoms with Gasteiger partial charge < -0.3 is 9.88 Å². The number of aromatic nitrogens is 1. The molecule has 1 aromatic heterocycles. The number of rotatable bonds is 1. The summed E-state index contributed by atoms with van der Waals surface area (Å²) in [4.78, 5) is 5.91. The van der Waals surface area contributed by atoms with Gasteiger partial charge in [0, 0.05) is 22.6 Å². The van der Waals surface area contributed by atoms with Crippen LogP contribution in [0.3, 0.4) is 0 Å². The number of para-hydroxylation sites is 1. The molecule has 1 N–H and O–H groups in total. The number of benzene rings is 1. The molecular weight excluding hydrogens is 196 g/mol. The van der Waals surface area contributed by atoms with Gasteiger partial charge in [-0.05, 0) is 45.0 Å². The largest absolute Gasteiger partial charge is 0.358 e. The van der Waals surface area contributed by atoms with Crippen molar-refractivity contribution in [1.29, 1.82) is 0 Å². The summed E-state index contributed by atoms with van der Waals surface area (Å²) in [7, 11) is 4.37. The van der Waals surface area contributed by atoms with E-state index >= 15 is 0 Å². The predicted octanol–water partition coefficient (Wildman–Crippen LogP) is 2.59. The Morgan fingerprint density at radius 2 is 2.06 bits per heavy atom. The molecule has 0 saturated heterocycles. The second kappa shape index (κ2) is 3.63. The van der Waals surface area contributed by atoms with Crippen LogP contribution in [0.25, 0.3) is 10.9 Å². The zero-order chi connectivity index (χ0) is 11.1. The maximum absolute atomic E-state index is 3.56. The average Bonchev–Trinajstić information content (AvgIpc) is 2.66. The zero-order valence-electron chi connectivity index (χ0n) is 9.96. The van der Waals surface area contributed by atoms with E-state index < -0.39 is 0 Å². The summed E-state index contributed by atoms with van der Waals surface area (Å²) >= 11 is 0. The van der Waals surface area contributed by atoms with E-state index in [2.05, 4.69) is 48.2 Å². The van der Waals surface area contributed by atoms with Gasteiger partial charge in [0.05, 0.1) is 0 Å². The second-order valence-electron chi connectivity index (χ2n) is 4.99. The number of aromatic amines is 1. The average molecular weight is 214 g/mol. The quantitative estimate of drug-likeness (QED) is 0.773. The Labute approximate surface area is 96.3 Å². The van der Waals surface area contributed by atoms with Gasteiger partial charge >= 0.3 is 0 Å². The molecule has 84 valence electrons. The van der Waals surface area contributed by atoms with Crippen LogP contribution in [0.1, 0.15) is 17.7 Å². The summed E-state index contributed by atoms with van der Waals surface area (Å²) in [5.74, 6) is 0. The van der Waals surface area contributed by atoms with Crippen LogP contribution in [0.5, 0.6) is 0 Å². The van der Waals surface area contributed by atoms with E-state index in [-0.39, 0.29) is 0 Å². The lowest BCUT2D eigenvalue weighted by Gasteiger charge is -2.28. The number of likely N-dealkylation sites (N-methyl/N-ethyl adjacent to an activating group) is 1. The van der Waals surface area contributed by atoms with Crippen molar-refractivity contribution in [3.8, 4) is 0 Å². The normalized spacial score (nSPS) is 20.3. The van der Waals surface area contributed by atoms with E-state index in [0.717, 1.165) is 0 Å². The fraction of sp³-hybridized carbons (Fsp3) is 0.429. The lowest BCUT2D eigenvalue weighted by molar-refractivity contribution is 0.268. The molecule has 0 unspecified atom stereocenters. The van der Waals surface area contributed by atoms with Crippen LogP contribution in [0.4, 0.5) is 0 Å². The number of aryl methyl sites for hydroxylation is 1. The van der Waals surface area contributed by atoms with Gasteiger partial charge in [-0.15, -0.1) is 0 Å². The molecule has 1 aliphatic carbocycles. The minimum atomic E-state index is 0.701. The first kappa shape index (κ1) is 9.91. The molecule has 3 rings (SSSR count). The molecule has 1 atom stereocenters. The molecule has 0 fully saturated rings. The Kier molecular flexibility index (Phi) is 2.25. The van der Waals surface area contributed by atoms with Crippen molar-refractivity contribution >= 4 is 10.9 Å². The highest BCUT2D eigenvalue weighted by atomic mass is 15.1. The van der Waals surface area contributed by atoms with Crippen LogP contribution < -0.4 is 0 Å². The van der Waals surface area contributed by atoms with Crippen LogP contribution in [0, 0.1) is 0 Å². The topological polar surface area (TPSA) is 19.0 Å². The summed E-state index contributed by atoms with van der Waals surface area (Å²) in [6.45, 7) is 0. The molecule has 2 heteroatoms. The number of hydrogen-bond donors (Lipinski definition) is 1. The van der Waals surface area contributed by atoms with E-state index in [0.29, 0.717) is 6.04 Å². The number of nitrogens with one attached hydrogen (secondary N) is 1. The monoisotopic (exact) mass is 214 g/mol. The Bertz CT molecular complexity index is 510. The summed E-state index contributed by atoms with van der Waals surface area (Å²) in [5.41, 5.74) is 4.30. The molecule has 0 spiro atoms. The molecule has 16 heavy (non-hydrogen) atoms. The SMILES string of the molecule is CN(C)[C@@H]1CCc2[nH]c3ccccc3c2C1. The maximum Gasteiger partial charge on any atom is 0.0458 e. The fourth-order valence-corrected chi connectivity index (χ4v) is 2.79. The lowest BCUT2D eigenvalue weighted by Crippen LogP contribution is -2.33. The van der Waals surface area contributed by atoms with Gasteiger partial charge in [0.25, 0.3) is 0 Å². The predicted molar refractivity (Wildman–Crippen MR) is 67.8 cm³/mol. The van der Waals surface area contributed by atoms with Crippen LogP contribution >= 0.6 is 0 Å². The molecule has 1 aromatic carbocycles. The van der Waals surface area contributed by atoms with E-state index in [1.54, 1.807) is 5.56 Å². The smallest absolute Gasteiger partial charge is 0.0458 e. The molecule has 0 aliphatic heterocycles. The molecule has 0 radical (unpaired) electrons. The first-order valence-corrected chi connectivity index (χ1v) is 6.00. The molecule has 1 aliphatic rings. The molecule has 0 saturated carbocycles. The van der Waals surface area contributed by atoms with Crippen molar-refractivity contribution in [3.05, 3.63) is 35.5 Å². The van der Waals surface area contributed by atoms with E-state index in [4.69, 9.17) is 0 Å². The molecule has 1 heterocycles. The second-order valence-corrected chi connectivity index (χ2v) is 4.99. The third-order valence-electron chi connectivity index (χ3n) is 3.80. The fourth-order valence-electron chi connectivity index (χ4n) is 2.79. The molecular formula is C14H18N2. The Balaban J connectivity index is 2.08. The van der Waals surface area contributed by atoms with Crippen molar-refractivity contribution < 1.29 is 0 Å². The summed E-state index contributed by atoms with van der Waals surface area (Å²) in [6.07, 6.45) is 3.64. The maximum atomic E-state index is 3.56. The minimum absolute atomic E-state index is 0.701. The van der Waals surface area contributed by atoms with Crippen molar-refractivity contribution in [2.75, 3.05) is 14.1 Å². The van der Waals surface area contributed by atoms with Gasteiger partial charge in [-0.25, -0.2) is 0 Å². The molecule has 0 amide bonds. The number of fused-ring (bicyclic) bond motifs is 3. The van der Waals surface area contributed by atoms with Crippen LogP contribution in [-0.2, 0) is 12.8 Å². The summed E-state index contributed by atoms with van der Waals surface area (Å²) in [5, 5.41) is 1.42. The Morgan fingerprint density at radius 3 is 2.88 bits per heavy atom. The van der Waals surface area contributed by atoms with E-state index in [1.807, 2.05) is 0 Å². The van der Waals surface area contributed by atoms with Crippen LogP contribution in [0.2, 0.25) is 0 Å². The highest BCUT2D eigenvalue weighted by Gasteiger charge is 2.23. The third kappa shape index (κ3) is 1.45. The highest BCUT2D eigenvalue weighted by molar-refractivity contribution is 5.84. The first-order chi connectivity index (χ1) is 7.75. The van der Waals surface area contributed by atoms with Crippen LogP contribution in [0.15, 0.2) is 24.3 Å². The Morgan fingerprint density at radius 1 is 1.25 bits per heavy atom. The van der Waals surface area contributed by atoms with Gasteiger partial charge in [0.15, 0.2) is 0 Å². The van der Waals surface area contributed by atoms with Crippen molar-refractivity contribution in [1.82, 2.24) is 9.88 Å². The van der Waals surface area contributed by atoms with Crippen LogP contribution in [-0.4, -0.2) is 30.0 Å². The molecule has 2 aromatic rings. The van der Waals surface area contributed by atoms with Gasteiger partial charge in [-0.3, -0.25) is 0 Å². The third-order valence-corrected chi connectivity index (χ3v) is 3.80. The zero-order valence-corrected chi connectivity index (χ0v) is 9.96. The van der Waals surface area contributed by atoms with Gasteiger partial charge in [-0.1, -0.05) is 18.2 Å². The van der Waals surface area contributed by atoms with E-state index in [1.165, 1.54) is 35.9 Å². The van der Waals surface area contributed by atoms with Gasteiger partial charge in [-0.2, -0.15) is 0 Å². The summed E-state index contributed by atoms with van der Waals surface area (Å²) in [6, 6.07) is 9.36. The molecule has 0 bridgehead atoms. The number of hydrogen-bond acceptors (Lipinski definition) is 1. The minimum Gasteiger partial charge on any atom is -0.358 e. The Hall–Kier alpha value is -1.28. The standard InChI is InChI=1S/C14H18N2/c1-16(2)10-7-8-14-12(9-10)11-5-3-4-6-13(11)15-14/h3-6,10,15H,7-9H2,1-2H3/t10-/m1/s1. The van der Waals surface area contributed by atoms with Gasteiger partial charge in [0.2, 0.25) is 0 Å². The number of H-pyrrole nitrogens is 1. The van der Waals surface area contributed by atoms with E-state index in [9.17, 15) is 0 Å².